The summed E-state index contributed by atoms with van der Waals surface area (Å²) in [6, 6.07) is 3.95. The second kappa shape index (κ2) is 6.02. The zero-order chi connectivity index (χ0) is 12.8. The zero-order valence-corrected chi connectivity index (χ0v) is 9.96. The standard InChI is InChI=1S/C13H15FN2O/c1-3-16(2)13(17)12-7-6-11(14)9-10(12)5-4-8-15/h6-7,9H,3,8,15H2,1-2H3. The summed E-state index contributed by atoms with van der Waals surface area (Å²) < 4.78 is 13.1. The number of rotatable bonds is 2. The van der Waals surface area contributed by atoms with Crippen molar-refractivity contribution in [3.63, 3.8) is 0 Å². The van der Waals surface area contributed by atoms with Crippen molar-refractivity contribution < 1.29 is 9.18 Å². The van der Waals surface area contributed by atoms with E-state index in [9.17, 15) is 9.18 Å². The molecule has 2 N–H and O–H groups in total. The lowest BCUT2D eigenvalue weighted by Gasteiger charge is -2.15. The molecule has 3 nitrogen and oxygen atoms in total. The Morgan fingerprint density at radius 3 is 2.82 bits per heavy atom. The van der Waals surface area contributed by atoms with E-state index in [0.717, 1.165) is 0 Å². The first-order chi connectivity index (χ1) is 8.10. The Kier molecular flexibility index (Phi) is 4.68. The average Bonchev–Trinajstić information content (AvgIpc) is 2.34. The van der Waals surface area contributed by atoms with Crippen molar-refractivity contribution in [3.8, 4) is 11.8 Å². The van der Waals surface area contributed by atoms with Gasteiger partial charge in [0, 0.05) is 19.2 Å². The summed E-state index contributed by atoms with van der Waals surface area (Å²) in [6.45, 7) is 2.63. The molecule has 17 heavy (non-hydrogen) atoms. The molecule has 1 rings (SSSR count). The van der Waals surface area contributed by atoms with Gasteiger partial charge >= 0.3 is 0 Å². The Morgan fingerprint density at radius 2 is 2.24 bits per heavy atom. The summed E-state index contributed by atoms with van der Waals surface area (Å²) in [6.07, 6.45) is 0. The van der Waals surface area contributed by atoms with E-state index in [1.807, 2.05) is 6.92 Å². The number of carbonyl (C=O) groups excluding carboxylic acids is 1. The zero-order valence-electron chi connectivity index (χ0n) is 9.96. The molecule has 4 heteroatoms. The van der Waals surface area contributed by atoms with Gasteiger partial charge in [0.25, 0.3) is 5.91 Å². The van der Waals surface area contributed by atoms with Gasteiger partial charge in [-0.05, 0) is 25.1 Å². The van der Waals surface area contributed by atoms with E-state index < -0.39 is 5.82 Å². The summed E-state index contributed by atoms with van der Waals surface area (Å²) in [4.78, 5) is 13.5. The molecule has 0 radical (unpaired) electrons. The number of hydrogen-bond acceptors (Lipinski definition) is 2. The molecule has 0 aliphatic heterocycles. The van der Waals surface area contributed by atoms with Crippen LogP contribution in [0.5, 0.6) is 0 Å². The highest BCUT2D eigenvalue weighted by Gasteiger charge is 2.14. The number of amides is 1. The number of nitrogens with zero attached hydrogens (tertiary/aromatic N) is 1. The lowest BCUT2D eigenvalue weighted by Crippen LogP contribution is -2.27. The predicted molar refractivity (Wildman–Crippen MR) is 65.0 cm³/mol. The number of carbonyl (C=O) groups is 1. The molecule has 1 amide bonds. The summed E-state index contributed by atoms with van der Waals surface area (Å²) in [5.41, 5.74) is 6.04. The van der Waals surface area contributed by atoms with Gasteiger partial charge in [0.05, 0.1) is 12.1 Å². The molecular formula is C13H15FN2O. The van der Waals surface area contributed by atoms with Crippen molar-refractivity contribution in [2.24, 2.45) is 5.73 Å². The topological polar surface area (TPSA) is 46.3 Å². The van der Waals surface area contributed by atoms with E-state index in [0.29, 0.717) is 17.7 Å². The Balaban J connectivity index is 3.18. The maximum atomic E-state index is 13.1. The Labute approximate surface area is 100 Å². The Hall–Kier alpha value is -1.86. The normalized spacial score (nSPS) is 9.41. The minimum Gasteiger partial charge on any atom is -0.342 e. The fourth-order valence-electron chi connectivity index (χ4n) is 1.30. The maximum Gasteiger partial charge on any atom is 0.254 e. The molecule has 1 aromatic rings. The van der Waals surface area contributed by atoms with Crippen LogP contribution in [0.4, 0.5) is 4.39 Å². The molecule has 0 aliphatic rings. The highest BCUT2D eigenvalue weighted by atomic mass is 19.1. The SMILES string of the molecule is CCN(C)C(=O)c1ccc(F)cc1C#CCN. The molecule has 0 heterocycles. The van der Waals surface area contributed by atoms with Crippen LogP contribution in [0.1, 0.15) is 22.8 Å². The van der Waals surface area contributed by atoms with Crippen molar-refractivity contribution in [2.75, 3.05) is 20.1 Å². The summed E-state index contributed by atoms with van der Waals surface area (Å²) in [7, 11) is 1.69. The van der Waals surface area contributed by atoms with Crippen LogP contribution >= 0.6 is 0 Å². The van der Waals surface area contributed by atoms with Gasteiger partial charge in [-0.3, -0.25) is 4.79 Å². The summed E-state index contributed by atoms with van der Waals surface area (Å²) >= 11 is 0. The number of halogens is 1. The first kappa shape index (κ1) is 13.2. The van der Waals surface area contributed by atoms with Gasteiger partial charge in [-0.25, -0.2) is 4.39 Å². The van der Waals surface area contributed by atoms with Gasteiger partial charge in [0.15, 0.2) is 0 Å². The number of nitrogens with two attached hydrogens (primary N) is 1. The quantitative estimate of drug-likeness (QED) is 0.782. The minimum atomic E-state index is -0.415. The molecule has 0 unspecified atom stereocenters. The molecule has 0 saturated carbocycles. The van der Waals surface area contributed by atoms with Crippen LogP contribution < -0.4 is 5.73 Å². The van der Waals surface area contributed by atoms with E-state index in [1.54, 1.807) is 11.9 Å². The smallest absolute Gasteiger partial charge is 0.254 e. The molecule has 0 atom stereocenters. The fraction of sp³-hybridized carbons (Fsp3) is 0.308. The van der Waals surface area contributed by atoms with Gasteiger partial charge in [0.1, 0.15) is 5.82 Å². The van der Waals surface area contributed by atoms with Gasteiger partial charge in [-0.1, -0.05) is 11.8 Å². The molecule has 0 aliphatic carbocycles. The third-order valence-corrected chi connectivity index (χ3v) is 2.36. The van der Waals surface area contributed by atoms with Crippen LogP contribution in [0, 0.1) is 17.7 Å². The molecule has 0 bridgehead atoms. The number of benzene rings is 1. The third-order valence-electron chi connectivity index (χ3n) is 2.36. The number of hydrogen-bond donors (Lipinski definition) is 1. The molecule has 0 fully saturated rings. The second-order valence-corrected chi connectivity index (χ2v) is 3.52. The van der Waals surface area contributed by atoms with Gasteiger partial charge in [-0.2, -0.15) is 0 Å². The first-order valence-electron chi connectivity index (χ1n) is 5.34. The van der Waals surface area contributed by atoms with Crippen LogP contribution in [-0.2, 0) is 0 Å². The van der Waals surface area contributed by atoms with Crippen molar-refractivity contribution in [3.05, 3.63) is 35.1 Å². The lowest BCUT2D eigenvalue weighted by molar-refractivity contribution is 0.0802. The molecular weight excluding hydrogens is 219 g/mol. The molecule has 0 spiro atoms. The molecule has 1 aromatic carbocycles. The Morgan fingerprint density at radius 1 is 1.53 bits per heavy atom. The largest absolute Gasteiger partial charge is 0.342 e. The molecule has 90 valence electrons. The molecule has 0 saturated heterocycles. The van der Waals surface area contributed by atoms with Crippen LogP contribution in [0.15, 0.2) is 18.2 Å². The predicted octanol–water partition coefficient (Wildman–Crippen LogP) is 1.23. The van der Waals surface area contributed by atoms with E-state index in [2.05, 4.69) is 11.8 Å². The van der Waals surface area contributed by atoms with E-state index in [4.69, 9.17) is 5.73 Å². The highest BCUT2D eigenvalue weighted by Crippen LogP contribution is 2.12. The van der Waals surface area contributed by atoms with Crippen LogP contribution in [0.25, 0.3) is 0 Å². The van der Waals surface area contributed by atoms with E-state index in [1.165, 1.54) is 18.2 Å². The molecule has 0 aromatic heterocycles. The average molecular weight is 234 g/mol. The first-order valence-corrected chi connectivity index (χ1v) is 5.34. The van der Waals surface area contributed by atoms with E-state index >= 15 is 0 Å². The van der Waals surface area contributed by atoms with Crippen LogP contribution in [0.2, 0.25) is 0 Å². The fourth-order valence-corrected chi connectivity index (χ4v) is 1.30. The maximum absolute atomic E-state index is 13.1. The van der Waals surface area contributed by atoms with Gasteiger partial charge in [-0.15, -0.1) is 0 Å². The third kappa shape index (κ3) is 3.30. The lowest BCUT2D eigenvalue weighted by atomic mass is 10.1. The van der Waals surface area contributed by atoms with Gasteiger partial charge < -0.3 is 10.6 Å². The van der Waals surface area contributed by atoms with Crippen LogP contribution in [0.3, 0.4) is 0 Å². The summed E-state index contributed by atoms with van der Waals surface area (Å²) in [5.74, 6) is 4.75. The van der Waals surface area contributed by atoms with Crippen molar-refractivity contribution in [1.29, 1.82) is 0 Å². The monoisotopic (exact) mass is 234 g/mol. The van der Waals surface area contributed by atoms with Crippen LogP contribution in [-0.4, -0.2) is 30.9 Å². The van der Waals surface area contributed by atoms with Crippen molar-refractivity contribution in [2.45, 2.75) is 6.92 Å². The van der Waals surface area contributed by atoms with Crippen molar-refractivity contribution in [1.82, 2.24) is 4.90 Å². The second-order valence-electron chi connectivity index (χ2n) is 3.52. The van der Waals surface area contributed by atoms with Crippen molar-refractivity contribution >= 4 is 5.91 Å². The summed E-state index contributed by atoms with van der Waals surface area (Å²) in [5, 5.41) is 0. The van der Waals surface area contributed by atoms with E-state index in [-0.39, 0.29) is 12.5 Å². The highest BCUT2D eigenvalue weighted by molar-refractivity contribution is 5.96. The minimum absolute atomic E-state index is 0.172. The van der Waals surface area contributed by atoms with Gasteiger partial charge in [0.2, 0.25) is 0 Å². The Bertz CT molecular complexity index is 474.